The maximum atomic E-state index is 12.4. The summed E-state index contributed by atoms with van der Waals surface area (Å²) in [6, 6.07) is 7.89. The van der Waals surface area contributed by atoms with Crippen molar-refractivity contribution in [1.82, 2.24) is 5.32 Å². The molecule has 1 aromatic heterocycles. The van der Waals surface area contributed by atoms with Crippen LogP contribution in [0.3, 0.4) is 0 Å². The van der Waals surface area contributed by atoms with E-state index in [9.17, 15) is 4.79 Å². The van der Waals surface area contributed by atoms with E-state index in [4.69, 9.17) is 13.9 Å². The molecule has 28 heavy (non-hydrogen) atoms. The topological polar surface area (TPSA) is 60.7 Å². The molecule has 1 heterocycles. The molecule has 5 nitrogen and oxygen atoms in total. The Morgan fingerprint density at radius 3 is 2.43 bits per heavy atom. The van der Waals surface area contributed by atoms with E-state index in [1.807, 2.05) is 18.2 Å². The number of halogens is 1. The van der Waals surface area contributed by atoms with Crippen molar-refractivity contribution in [2.45, 2.75) is 26.7 Å². The number of nitrogens with one attached hydrogen (secondary N) is 1. The molecule has 6 heteroatoms. The smallest absolute Gasteiger partial charge is 0.224 e. The highest BCUT2D eigenvalue weighted by Crippen LogP contribution is 2.33. The van der Waals surface area contributed by atoms with Gasteiger partial charge in [0.25, 0.3) is 0 Å². The Morgan fingerprint density at radius 2 is 1.71 bits per heavy atom. The van der Waals surface area contributed by atoms with E-state index in [1.165, 1.54) is 11.1 Å². The molecule has 3 rings (SSSR count). The lowest BCUT2D eigenvalue weighted by atomic mass is 10.0. The Bertz CT molecular complexity index is 1010. The first-order valence-electron chi connectivity index (χ1n) is 9.07. The highest BCUT2D eigenvalue weighted by Gasteiger charge is 2.13. The number of rotatable bonds is 7. The fraction of sp³-hybridized carbons (Fsp3) is 0.318. The van der Waals surface area contributed by atoms with E-state index in [0.29, 0.717) is 30.9 Å². The molecule has 0 atom stereocenters. The summed E-state index contributed by atoms with van der Waals surface area (Å²) in [5.74, 6) is 1.31. The first-order chi connectivity index (χ1) is 13.4. The number of furan rings is 1. The van der Waals surface area contributed by atoms with Crippen LogP contribution in [-0.2, 0) is 17.6 Å². The normalized spacial score (nSPS) is 10.9. The summed E-state index contributed by atoms with van der Waals surface area (Å²) < 4.78 is 17.2. The first kappa shape index (κ1) is 20.3. The van der Waals surface area contributed by atoms with Crippen LogP contribution in [0.5, 0.6) is 11.5 Å². The Balaban J connectivity index is 1.62. The fourth-order valence-corrected chi connectivity index (χ4v) is 3.65. The van der Waals surface area contributed by atoms with Gasteiger partial charge in [0.15, 0.2) is 11.5 Å². The molecule has 0 aliphatic heterocycles. The van der Waals surface area contributed by atoms with Crippen molar-refractivity contribution < 1.29 is 18.7 Å². The van der Waals surface area contributed by atoms with Gasteiger partial charge in [-0.05, 0) is 61.2 Å². The monoisotopic (exact) mass is 445 g/mol. The molecule has 0 unspecified atom stereocenters. The van der Waals surface area contributed by atoms with Crippen LogP contribution in [0.2, 0.25) is 0 Å². The zero-order valence-electron chi connectivity index (χ0n) is 16.5. The first-order valence-corrected chi connectivity index (χ1v) is 9.86. The molecule has 148 valence electrons. The molecule has 0 saturated heterocycles. The van der Waals surface area contributed by atoms with Crippen LogP contribution in [-0.4, -0.2) is 26.7 Å². The lowest BCUT2D eigenvalue weighted by Crippen LogP contribution is -2.27. The SMILES string of the molecule is COc1cc(Br)c(CCNC(=O)Cc2coc3cc(C)c(C)cc23)cc1OC. The zero-order chi connectivity index (χ0) is 20.3. The molecule has 0 bridgehead atoms. The van der Waals surface area contributed by atoms with Gasteiger partial charge in [-0.3, -0.25) is 4.79 Å². The second kappa shape index (κ2) is 8.69. The number of hydrogen-bond donors (Lipinski definition) is 1. The van der Waals surface area contributed by atoms with Crippen LogP contribution < -0.4 is 14.8 Å². The van der Waals surface area contributed by atoms with Gasteiger partial charge in [-0.2, -0.15) is 0 Å². The van der Waals surface area contributed by atoms with Crippen LogP contribution in [0.4, 0.5) is 0 Å². The summed E-state index contributed by atoms with van der Waals surface area (Å²) in [5.41, 5.74) is 5.13. The largest absolute Gasteiger partial charge is 0.493 e. The van der Waals surface area contributed by atoms with Crippen molar-refractivity contribution in [3.05, 3.63) is 57.3 Å². The van der Waals surface area contributed by atoms with Crippen LogP contribution in [0.1, 0.15) is 22.3 Å². The standard InChI is InChI=1S/C22H24BrNO4/c1-13-7-17-16(12-28-19(17)8-14(13)2)10-22(25)24-6-5-15-9-20(26-3)21(27-4)11-18(15)23/h7-9,11-12H,5-6,10H2,1-4H3,(H,24,25). The second-order valence-corrected chi connectivity index (χ2v) is 7.62. The summed E-state index contributed by atoms with van der Waals surface area (Å²) in [6.07, 6.45) is 2.65. The number of carbonyl (C=O) groups excluding carboxylic acids is 1. The molecule has 0 spiro atoms. The van der Waals surface area contributed by atoms with Gasteiger partial charge in [0.1, 0.15) is 5.58 Å². The number of amides is 1. The third-order valence-electron chi connectivity index (χ3n) is 4.89. The quantitative estimate of drug-likeness (QED) is 0.570. The van der Waals surface area contributed by atoms with Crippen LogP contribution in [0.25, 0.3) is 11.0 Å². The van der Waals surface area contributed by atoms with Gasteiger partial charge in [-0.25, -0.2) is 0 Å². The maximum absolute atomic E-state index is 12.4. The molecule has 0 saturated carbocycles. The average Bonchev–Trinajstić information content (AvgIpc) is 3.04. The van der Waals surface area contributed by atoms with E-state index < -0.39 is 0 Å². The molecular weight excluding hydrogens is 422 g/mol. The second-order valence-electron chi connectivity index (χ2n) is 6.77. The highest BCUT2D eigenvalue weighted by atomic mass is 79.9. The predicted octanol–water partition coefficient (Wildman–Crippen LogP) is 4.73. The third kappa shape index (κ3) is 4.33. The molecule has 0 radical (unpaired) electrons. The van der Waals surface area contributed by atoms with Crippen LogP contribution in [0.15, 0.2) is 39.4 Å². The lowest BCUT2D eigenvalue weighted by Gasteiger charge is -2.12. The number of carbonyl (C=O) groups is 1. The maximum Gasteiger partial charge on any atom is 0.224 e. The number of methoxy groups -OCH3 is 2. The molecule has 0 aliphatic carbocycles. The number of hydrogen-bond acceptors (Lipinski definition) is 4. The Kier molecular flexibility index (Phi) is 6.29. The van der Waals surface area contributed by atoms with Crippen LogP contribution in [0, 0.1) is 13.8 Å². The Morgan fingerprint density at radius 1 is 1.04 bits per heavy atom. The van der Waals surface area contributed by atoms with Crippen molar-refractivity contribution in [3.63, 3.8) is 0 Å². The Labute approximate surface area is 173 Å². The van der Waals surface area contributed by atoms with Gasteiger partial charge in [-0.1, -0.05) is 15.9 Å². The summed E-state index contributed by atoms with van der Waals surface area (Å²) in [5, 5.41) is 3.98. The van der Waals surface area contributed by atoms with Crippen molar-refractivity contribution in [2.75, 3.05) is 20.8 Å². The summed E-state index contributed by atoms with van der Waals surface area (Å²) in [6.45, 7) is 4.64. The van der Waals surface area contributed by atoms with Crippen molar-refractivity contribution in [3.8, 4) is 11.5 Å². The number of aryl methyl sites for hydroxylation is 2. The van der Waals surface area contributed by atoms with E-state index in [-0.39, 0.29) is 5.91 Å². The van der Waals surface area contributed by atoms with E-state index in [2.05, 4.69) is 41.2 Å². The van der Waals surface area contributed by atoms with E-state index in [1.54, 1.807) is 20.5 Å². The molecule has 1 N–H and O–H groups in total. The van der Waals surface area contributed by atoms with Crippen molar-refractivity contribution in [1.29, 1.82) is 0 Å². The van der Waals surface area contributed by atoms with Gasteiger partial charge in [0.2, 0.25) is 5.91 Å². The Hall–Kier alpha value is -2.47. The minimum Gasteiger partial charge on any atom is -0.493 e. The third-order valence-corrected chi connectivity index (χ3v) is 5.63. The van der Waals surface area contributed by atoms with Gasteiger partial charge >= 0.3 is 0 Å². The van der Waals surface area contributed by atoms with E-state index >= 15 is 0 Å². The van der Waals surface area contributed by atoms with Crippen molar-refractivity contribution >= 4 is 32.8 Å². The minimum absolute atomic E-state index is 0.0301. The molecule has 2 aromatic carbocycles. The van der Waals surface area contributed by atoms with Gasteiger partial charge in [0, 0.05) is 22.0 Å². The summed E-state index contributed by atoms with van der Waals surface area (Å²) >= 11 is 3.55. The van der Waals surface area contributed by atoms with Gasteiger partial charge in [0.05, 0.1) is 26.9 Å². The van der Waals surface area contributed by atoms with Crippen LogP contribution >= 0.6 is 15.9 Å². The molecule has 1 amide bonds. The minimum atomic E-state index is -0.0301. The average molecular weight is 446 g/mol. The zero-order valence-corrected chi connectivity index (χ0v) is 18.1. The number of fused-ring (bicyclic) bond motifs is 1. The van der Waals surface area contributed by atoms with E-state index in [0.717, 1.165) is 26.6 Å². The lowest BCUT2D eigenvalue weighted by molar-refractivity contribution is -0.120. The highest BCUT2D eigenvalue weighted by molar-refractivity contribution is 9.10. The van der Waals surface area contributed by atoms with Gasteiger partial charge in [-0.15, -0.1) is 0 Å². The molecule has 0 fully saturated rings. The summed E-state index contributed by atoms with van der Waals surface area (Å²) in [7, 11) is 3.21. The molecule has 0 aliphatic rings. The predicted molar refractivity (Wildman–Crippen MR) is 113 cm³/mol. The number of benzene rings is 2. The summed E-state index contributed by atoms with van der Waals surface area (Å²) in [4.78, 5) is 12.4. The van der Waals surface area contributed by atoms with Gasteiger partial charge < -0.3 is 19.2 Å². The number of ether oxygens (including phenoxy) is 2. The fourth-order valence-electron chi connectivity index (χ4n) is 3.13. The molecule has 3 aromatic rings. The molecular formula is C22H24BrNO4. The van der Waals surface area contributed by atoms with Crippen molar-refractivity contribution in [2.24, 2.45) is 0 Å².